The van der Waals surface area contributed by atoms with Crippen LogP contribution in [0.15, 0.2) is 4.99 Å². The fourth-order valence-electron chi connectivity index (χ4n) is 0.975. The number of rotatable bonds is 3. The number of hydrogen-bond acceptors (Lipinski definition) is 3. The third kappa shape index (κ3) is 1.93. The quantitative estimate of drug-likeness (QED) is 0.643. The highest BCUT2D eigenvalue weighted by molar-refractivity contribution is 5.97. The first-order chi connectivity index (χ1) is 5.24. The number of aliphatic imine (C=N–C) groups is 1. The van der Waals surface area contributed by atoms with Crippen molar-refractivity contribution >= 4 is 11.9 Å². The van der Waals surface area contributed by atoms with Crippen LogP contribution in [-0.4, -0.2) is 18.0 Å². The second-order valence-electron chi connectivity index (χ2n) is 2.54. The molecule has 4 heteroatoms. The molecule has 1 rings (SSSR count). The fourth-order valence-corrected chi connectivity index (χ4v) is 0.975. The standard InChI is InChI=1S/C7H12N2O2/c1-2-3-4-5-6(10)9-7(8)11-5/h5H,2-4H2,1H3,(H2,8,9,10). The van der Waals surface area contributed by atoms with E-state index in [0.717, 1.165) is 19.3 Å². The molecule has 1 amide bonds. The normalized spacial score (nSPS) is 23.2. The van der Waals surface area contributed by atoms with E-state index in [0.29, 0.717) is 0 Å². The van der Waals surface area contributed by atoms with Gasteiger partial charge in [0.1, 0.15) is 0 Å². The molecular weight excluding hydrogens is 144 g/mol. The van der Waals surface area contributed by atoms with Crippen molar-refractivity contribution in [2.75, 3.05) is 0 Å². The van der Waals surface area contributed by atoms with Crippen molar-refractivity contribution in [2.45, 2.75) is 32.3 Å². The molecule has 1 aliphatic heterocycles. The molecule has 0 aliphatic carbocycles. The van der Waals surface area contributed by atoms with Crippen molar-refractivity contribution in [2.24, 2.45) is 10.7 Å². The van der Waals surface area contributed by atoms with Crippen LogP contribution in [0.5, 0.6) is 0 Å². The zero-order valence-corrected chi connectivity index (χ0v) is 6.54. The van der Waals surface area contributed by atoms with Crippen molar-refractivity contribution in [1.82, 2.24) is 0 Å². The second-order valence-corrected chi connectivity index (χ2v) is 2.54. The van der Waals surface area contributed by atoms with Gasteiger partial charge in [0.05, 0.1) is 0 Å². The van der Waals surface area contributed by atoms with Crippen LogP contribution in [0, 0.1) is 0 Å². The number of hydrogen-bond donors (Lipinski definition) is 1. The Morgan fingerprint density at radius 2 is 2.45 bits per heavy atom. The SMILES string of the molecule is CCCCC1OC(N)=NC1=O. The van der Waals surface area contributed by atoms with Gasteiger partial charge >= 0.3 is 0 Å². The van der Waals surface area contributed by atoms with Crippen LogP contribution in [0.2, 0.25) is 0 Å². The lowest BCUT2D eigenvalue weighted by Gasteiger charge is -2.05. The molecule has 1 aliphatic rings. The summed E-state index contributed by atoms with van der Waals surface area (Å²) in [4.78, 5) is 14.4. The van der Waals surface area contributed by atoms with E-state index < -0.39 is 6.10 Å². The van der Waals surface area contributed by atoms with Crippen LogP contribution in [0.3, 0.4) is 0 Å². The Kier molecular flexibility index (Phi) is 2.46. The highest BCUT2D eigenvalue weighted by Crippen LogP contribution is 2.11. The third-order valence-corrected chi connectivity index (χ3v) is 1.58. The Hall–Kier alpha value is -1.06. The minimum atomic E-state index is -0.407. The molecule has 0 aromatic carbocycles. The average Bonchev–Trinajstić information content (AvgIpc) is 2.26. The Morgan fingerprint density at radius 3 is 2.91 bits per heavy atom. The fraction of sp³-hybridized carbons (Fsp3) is 0.714. The highest BCUT2D eigenvalue weighted by atomic mass is 16.5. The molecule has 0 bridgehead atoms. The van der Waals surface area contributed by atoms with Gasteiger partial charge in [-0.05, 0) is 12.8 Å². The van der Waals surface area contributed by atoms with Crippen molar-refractivity contribution in [3.8, 4) is 0 Å². The van der Waals surface area contributed by atoms with Crippen LogP contribution < -0.4 is 5.73 Å². The summed E-state index contributed by atoms with van der Waals surface area (Å²) in [5.41, 5.74) is 5.19. The van der Waals surface area contributed by atoms with E-state index in [4.69, 9.17) is 10.5 Å². The van der Waals surface area contributed by atoms with Crippen LogP contribution in [0.4, 0.5) is 0 Å². The predicted octanol–water partition coefficient (Wildman–Crippen LogP) is 0.417. The second kappa shape index (κ2) is 3.37. The minimum absolute atomic E-state index is 0.0103. The molecule has 0 fully saturated rings. The van der Waals surface area contributed by atoms with Crippen LogP contribution >= 0.6 is 0 Å². The van der Waals surface area contributed by atoms with Gasteiger partial charge in [0, 0.05) is 0 Å². The topological polar surface area (TPSA) is 64.7 Å². The lowest BCUT2D eigenvalue weighted by Crippen LogP contribution is -2.20. The molecule has 1 heterocycles. The predicted molar refractivity (Wildman–Crippen MR) is 41.0 cm³/mol. The average molecular weight is 156 g/mol. The maximum Gasteiger partial charge on any atom is 0.291 e. The molecular formula is C7H12N2O2. The van der Waals surface area contributed by atoms with E-state index in [2.05, 4.69) is 11.9 Å². The van der Waals surface area contributed by atoms with Gasteiger partial charge in [-0.3, -0.25) is 4.79 Å². The summed E-state index contributed by atoms with van der Waals surface area (Å²) >= 11 is 0. The number of ether oxygens (including phenoxy) is 1. The number of unbranched alkanes of at least 4 members (excludes halogenated alkanes) is 1. The summed E-state index contributed by atoms with van der Waals surface area (Å²) in [5, 5.41) is 0. The molecule has 1 atom stereocenters. The monoisotopic (exact) mass is 156 g/mol. The van der Waals surface area contributed by atoms with Crippen LogP contribution in [0.25, 0.3) is 0 Å². The van der Waals surface area contributed by atoms with Crippen molar-refractivity contribution in [1.29, 1.82) is 0 Å². The van der Waals surface area contributed by atoms with Gasteiger partial charge in [-0.1, -0.05) is 13.3 Å². The van der Waals surface area contributed by atoms with Crippen LogP contribution in [-0.2, 0) is 9.53 Å². The molecule has 0 aromatic rings. The summed E-state index contributed by atoms with van der Waals surface area (Å²) in [6, 6.07) is 0.0103. The zero-order valence-electron chi connectivity index (χ0n) is 6.54. The van der Waals surface area contributed by atoms with Gasteiger partial charge in [-0.2, -0.15) is 4.99 Å². The lowest BCUT2D eigenvalue weighted by molar-refractivity contribution is -0.122. The van der Waals surface area contributed by atoms with E-state index in [1.807, 2.05) is 0 Å². The Labute approximate surface area is 65.4 Å². The summed E-state index contributed by atoms with van der Waals surface area (Å²) in [6.07, 6.45) is 2.33. The molecule has 62 valence electrons. The molecule has 4 nitrogen and oxygen atoms in total. The van der Waals surface area contributed by atoms with Gasteiger partial charge in [0.2, 0.25) is 0 Å². The smallest absolute Gasteiger partial charge is 0.291 e. The molecule has 1 unspecified atom stereocenters. The van der Waals surface area contributed by atoms with E-state index in [-0.39, 0.29) is 11.9 Å². The van der Waals surface area contributed by atoms with Gasteiger partial charge < -0.3 is 10.5 Å². The number of carbonyl (C=O) groups is 1. The van der Waals surface area contributed by atoms with Crippen molar-refractivity contribution in [3.05, 3.63) is 0 Å². The third-order valence-electron chi connectivity index (χ3n) is 1.58. The molecule has 2 N–H and O–H groups in total. The number of amidine groups is 1. The van der Waals surface area contributed by atoms with Gasteiger partial charge in [-0.25, -0.2) is 0 Å². The Morgan fingerprint density at radius 1 is 1.73 bits per heavy atom. The maximum absolute atomic E-state index is 10.9. The van der Waals surface area contributed by atoms with E-state index >= 15 is 0 Å². The number of amides is 1. The first-order valence-electron chi connectivity index (χ1n) is 3.78. The Balaban J connectivity index is 2.34. The molecule has 0 saturated heterocycles. The maximum atomic E-state index is 10.9. The van der Waals surface area contributed by atoms with Crippen LogP contribution in [0.1, 0.15) is 26.2 Å². The van der Waals surface area contributed by atoms with E-state index in [1.165, 1.54) is 0 Å². The first kappa shape index (κ1) is 8.04. The van der Waals surface area contributed by atoms with Crippen molar-refractivity contribution < 1.29 is 9.53 Å². The lowest BCUT2D eigenvalue weighted by atomic mass is 10.1. The van der Waals surface area contributed by atoms with Crippen molar-refractivity contribution in [3.63, 3.8) is 0 Å². The molecule has 0 aromatic heterocycles. The molecule has 11 heavy (non-hydrogen) atoms. The largest absolute Gasteiger partial charge is 0.452 e. The van der Waals surface area contributed by atoms with E-state index in [1.54, 1.807) is 0 Å². The molecule has 0 spiro atoms. The zero-order chi connectivity index (χ0) is 8.27. The highest BCUT2D eigenvalue weighted by Gasteiger charge is 2.26. The molecule has 0 radical (unpaired) electrons. The summed E-state index contributed by atoms with van der Waals surface area (Å²) < 4.78 is 4.95. The van der Waals surface area contributed by atoms with Gasteiger partial charge in [0.15, 0.2) is 6.10 Å². The number of nitrogens with two attached hydrogens (primary N) is 1. The van der Waals surface area contributed by atoms with E-state index in [9.17, 15) is 4.79 Å². The number of carbonyl (C=O) groups excluding carboxylic acids is 1. The summed E-state index contributed by atoms with van der Waals surface area (Å²) in [7, 11) is 0. The minimum Gasteiger partial charge on any atom is -0.452 e. The molecule has 0 saturated carbocycles. The summed E-state index contributed by atoms with van der Waals surface area (Å²) in [6.45, 7) is 2.06. The first-order valence-corrected chi connectivity index (χ1v) is 3.78. The number of nitrogens with zero attached hydrogens (tertiary/aromatic N) is 1. The Bertz CT molecular complexity index is 189. The summed E-state index contributed by atoms with van der Waals surface area (Å²) in [5.74, 6) is -0.240. The van der Waals surface area contributed by atoms with Gasteiger partial charge in [-0.15, -0.1) is 0 Å². The van der Waals surface area contributed by atoms with Gasteiger partial charge in [0.25, 0.3) is 11.9 Å².